The Bertz CT molecular complexity index is 380. The van der Waals surface area contributed by atoms with E-state index in [1.807, 2.05) is 0 Å². The lowest BCUT2D eigenvalue weighted by Crippen LogP contribution is -2.55. The Labute approximate surface area is 110 Å². The van der Waals surface area contributed by atoms with Crippen molar-refractivity contribution >= 4 is 10.2 Å². The van der Waals surface area contributed by atoms with Crippen LogP contribution in [0.4, 0.5) is 13.2 Å². The number of hydrogen-bond acceptors (Lipinski definition) is 4. The van der Waals surface area contributed by atoms with Gasteiger partial charge in [-0.15, -0.1) is 0 Å². The van der Waals surface area contributed by atoms with E-state index >= 15 is 0 Å². The first-order valence-electron chi connectivity index (χ1n) is 5.73. The van der Waals surface area contributed by atoms with Gasteiger partial charge in [0.15, 0.2) is 0 Å². The lowest BCUT2D eigenvalue weighted by Gasteiger charge is -2.28. The van der Waals surface area contributed by atoms with Crippen molar-refractivity contribution in [1.82, 2.24) is 14.8 Å². The zero-order valence-corrected chi connectivity index (χ0v) is 11.3. The monoisotopic (exact) mass is 305 g/mol. The summed E-state index contributed by atoms with van der Waals surface area (Å²) >= 11 is 0. The van der Waals surface area contributed by atoms with Gasteiger partial charge in [0, 0.05) is 13.7 Å². The molecule has 6 nitrogen and oxygen atoms in total. The first kappa shape index (κ1) is 16.6. The second kappa shape index (κ2) is 6.35. The zero-order chi connectivity index (χ0) is 14.6. The van der Waals surface area contributed by atoms with E-state index in [1.165, 1.54) is 11.8 Å². The maximum Gasteiger partial charge on any atom is 0.402 e. The van der Waals surface area contributed by atoms with Crippen LogP contribution in [0.15, 0.2) is 0 Å². The average molecular weight is 305 g/mol. The van der Waals surface area contributed by atoms with E-state index in [0.29, 0.717) is 6.42 Å². The summed E-state index contributed by atoms with van der Waals surface area (Å²) in [6.45, 7) is -0.600. The molecule has 1 heterocycles. The standard InChI is InChI=1S/C9H18F3N3O3S/c1-18-7-8(3-2-4-13-8)5-14-19(16,17)15-6-9(10,11)12/h13-15H,2-7H2,1H3. The van der Waals surface area contributed by atoms with Gasteiger partial charge in [0.2, 0.25) is 0 Å². The molecule has 19 heavy (non-hydrogen) atoms. The highest BCUT2D eigenvalue weighted by Crippen LogP contribution is 2.19. The molecular formula is C9H18F3N3O3S. The van der Waals surface area contributed by atoms with E-state index < -0.39 is 28.5 Å². The Morgan fingerprint density at radius 2 is 2.05 bits per heavy atom. The van der Waals surface area contributed by atoms with E-state index in [1.54, 1.807) is 0 Å². The molecule has 0 aromatic heterocycles. The van der Waals surface area contributed by atoms with Crippen molar-refractivity contribution in [3.05, 3.63) is 0 Å². The van der Waals surface area contributed by atoms with E-state index in [0.717, 1.165) is 13.0 Å². The second-order valence-electron chi connectivity index (χ2n) is 4.50. The van der Waals surface area contributed by atoms with Gasteiger partial charge >= 0.3 is 6.18 Å². The molecule has 0 amide bonds. The molecule has 1 unspecified atom stereocenters. The summed E-state index contributed by atoms with van der Waals surface area (Å²) in [5.41, 5.74) is -0.554. The Morgan fingerprint density at radius 3 is 2.53 bits per heavy atom. The summed E-state index contributed by atoms with van der Waals surface area (Å²) < 4.78 is 67.2. The molecule has 1 rings (SSSR count). The highest BCUT2D eigenvalue weighted by atomic mass is 32.2. The minimum atomic E-state index is -4.58. The number of alkyl halides is 3. The van der Waals surface area contributed by atoms with E-state index in [2.05, 4.69) is 10.0 Å². The minimum Gasteiger partial charge on any atom is -0.383 e. The van der Waals surface area contributed by atoms with E-state index in [9.17, 15) is 21.6 Å². The number of nitrogens with one attached hydrogen (secondary N) is 3. The molecular weight excluding hydrogens is 287 g/mol. The lowest BCUT2D eigenvalue weighted by atomic mass is 9.99. The third-order valence-corrected chi connectivity index (χ3v) is 3.86. The van der Waals surface area contributed by atoms with Crippen molar-refractivity contribution in [2.75, 3.05) is 33.4 Å². The molecule has 114 valence electrons. The molecule has 1 atom stereocenters. The first-order chi connectivity index (χ1) is 8.68. The van der Waals surface area contributed by atoms with Crippen molar-refractivity contribution in [3.8, 4) is 0 Å². The zero-order valence-electron chi connectivity index (χ0n) is 10.5. The van der Waals surface area contributed by atoms with Gasteiger partial charge in [-0.25, -0.2) is 4.72 Å². The molecule has 1 aliphatic heterocycles. The number of ether oxygens (including phenoxy) is 1. The third kappa shape index (κ3) is 6.04. The fourth-order valence-electron chi connectivity index (χ4n) is 1.93. The fraction of sp³-hybridized carbons (Fsp3) is 1.00. The minimum absolute atomic E-state index is 0.0198. The van der Waals surface area contributed by atoms with Crippen LogP contribution in [-0.4, -0.2) is 53.5 Å². The molecule has 0 bridgehead atoms. The maximum absolute atomic E-state index is 11.9. The van der Waals surface area contributed by atoms with Crippen LogP contribution < -0.4 is 14.8 Å². The van der Waals surface area contributed by atoms with Crippen LogP contribution in [0.25, 0.3) is 0 Å². The van der Waals surface area contributed by atoms with Crippen molar-refractivity contribution in [2.45, 2.75) is 24.6 Å². The van der Waals surface area contributed by atoms with Gasteiger partial charge in [-0.2, -0.15) is 26.3 Å². The predicted octanol–water partition coefficient (Wildman–Crippen LogP) is -0.259. The van der Waals surface area contributed by atoms with Gasteiger partial charge < -0.3 is 10.1 Å². The Kier molecular flexibility index (Phi) is 5.56. The van der Waals surface area contributed by atoms with Gasteiger partial charge in [-0.05, 0) is 19.4 Å². The van der Waals surface area contributed by atoms with Gasteiger partial charge in [0.25, 0.3) is 10.2 Å². The van der Waals surface area contributed by atoms with Crippen molar-refractivity contribution in [1.29, 1.82) is 0 Å². The smallest absolute Gasteiger partial charge is 0.383 e. The van der Waals surface area contributed by atoms with Crippen LogP contribution in [0, 0.1) is 0 Å². The molecule has 0 aromatic carbocycles. The Hall–Kier alpha value is -0.420. The summed E-state index contributed by atoms with van der Waals surface area (Å²) in [5, 5.41) is 3.11. The summed E-state index contributed by atoms with van der Waals surface area (Å²) in [6, 6.07) is 0. The quantitative estimate of drug-likeness (QED) is 0.605. The molecule has 3 N–H and O–H groups in total. The number of rotatable bonds is 7. The largest absolute Gasteiger partial charge is 0.402 e. The van der Waals surface area contributed by atoms with Crippen LogP contribution in [-0.2, 0) is 14.9 Å². The molecule has 10 heteroatoms. The van der Waals surface area contributed by atoms with Gasteiger partial charge in [-0.3, -0.25) is 0 Å². The van der Waals surface area contributed by atoms with Crippen molar-refractivity contribution in [2.24, 2.45) is 0 Å². The maximum atomic E-state index is 11.9. The van der Waals surface area contributed by atoms with Crippen LogP contribution in [0.2, 0.25) is 0 Å². The third-order valence-electron chi connectivity index (χ3n) is 2.82. The Balaban J connectivity index is 2.49. The summed E-state index contributed by atoms with van der Waals surface area (Å²) in [5.74, 6) is 0. The molecule has 1 saturated heterocycles. The summed E-state index contributed by atoms with van der Waals surface area (Å²) in [4.78, 5) is 0. The van der Waals surface area contributed by atoms with E-state index in [-0.39, 0.29) is 13.2 Å². The molecule has 1 fully saturated rings. The van der Waals surface area contributed by atoms with Crippen LogP contribution in [0.1, 0.15) is 12.8 Å². The highest BCUT2D eigenvalue weighted by molar-refractivity contribution is 7.87. The van der Waals surface area contributed by atoms with Gasteiger partial charge in [0.05, 0.1) is 12.1 Å². The van der Waals surface area contributed by atoms with Crippen LogP contribution >= 0.6 is 0 Å². The first-order valence-corrected chi connectivity index (χ1v) is 7.21. The summed E-state index contributed by atoms with van der Waals surface area (Å²) in [7, 11) is -2.69. The number of halogens is 3. The summed E-state index contributed by atoms with van der Waals surface area (Å²) in [6.07, 6.45) is -3.02. The average Bonchev–Trinajstić information content (AvgIpc) is 2.73. The molecule has 0 spiro atoms. The molecule has 0 aromatic rings. The lowest BCUT2D eigenvalue weighted by molar-refractivity contribution is -0.121. The van der Waals surface area contributed by atoms with Gasteiger partial charge in [0.1, 0.15) is 6.54 Å². The second-order valence-corrected chi connectivity index (χ2v) is 6.09. The van der Waals surface area contributed by atoms with Gasteiger partial charge in [-0.1, -0.05) is 0 Å². The van der Waals surface area contributed by atoms with Crippen molar-refractivity contribution < 1.29 is 26.3 Å². The molecule has 1 aliphatic rings. The van der Waals surface area contributed by atoms with Crippen LogP contribution in [0.5, 0.6) is 0 Å². The van der Waals surface area contributed by atoms with Crippen LogP contribution in [0.3, 0.4) is 0 Å². The normalized spacial score (nSPS) is 24.8. The topological polar surface area (TPSA) is 79.5 Å². The van der Waals surface area contributed by atoms with Crippen molar-refractivity contribution in [3.63, 3.8) is 0 Å². The fourth-order valence-corrected chi connectivity index (χ4v) is 2.85. The SMILES string of the molecule is COCC1(CNS(=O)(=O)NCC(F)(F)F)CCCN1. The number of hydrogen-bond donors (Lipinski definition) is 3. The number of methoxy groups -OCH3 is 1. The van der Waals surface area contributed by atoms with E-state index in [4.69, 9.17) is 4.74 Å². The Morgan fingerprint density at radius 1 is 1.37 bits per heavy atom. The molecule has 0 saturated carbocycles. The predicted molar refractivity (Wildman–Crippen MR) is 62.8 cm³/mol. The highest BCUT2D eigenvalue weighted by Gasteiger charge is 2.35. The molecule has 0 radical (unpaired) electrons. The molecule has 0 aliphatic carbocycles.